The SMILES string of the molecule is Cc1ccc(C2OCCCC2NC(=O)NC(C)c2ccncc2)cc1. The lowest BCUT2D eigenvalue weighted by molar-refractivity contribution is -0.00749. The van der Waals surface area contributed by atoms with Crippen molar-refractivity contribution in [3.8, 4) is 0 Å². The lowest BCUT2D eigenvalue weighted by atomic mass is 9.95. The number of benzene rings is 1. The Morgan fingerprint density at radius 1 is 1.20 bits per heavy atom. The third-order valence-corrected chi connectivity index (χ3v) is 4.60. The maximum atomic E-state index is 12.4. The van der Waals surface area contributed by atoms with E-state index >= 15 is 0 Å². The zero-order chi connectivity index (χ0) is 17.6. The highest BCUT2D eigenvalue weighted by atomic mass is 16.5. The molecule has 5 heteroatoms. The smallest absolute Gasteiger partial charge is 0.315 e. The van der Waals surface area contributed by atoms with Gasteiger partial charge in [-0.15, -0.1) is 0 Å². The van der Waals surface area contributed by atoms with Gasteiger partial charge in [-0.25, -0.2) is 4.79 Å². The number of rotatable bonds is 4. The number of amides is 2. The van der Waals surface area contributed by atoms with Gasteiger partial charge in [0.2, 0.25) is 0 Å². The van der Waals surface area contributed by atoms with E-state index in [-0.39, 0.29) is 24.2 Å². The molecule has 2 amide bonds. The van der Waals surface area contributed by atoms with Crippen LogP contribution in [0.4, 0.5) is 4.79 Å². The first-order valence-corrected chi connectivity index (χ1v) is 8.78. The second-order valence-corrected chi connectivity index (χ2v) is 6.57. The van der Waals surface area contributed by atoms with Crippen molar-refractivity contribution in [1.29, 1.82) is 0 Å². The molecule has 3 unspecified atom stereocenters. The van der Waals surface area contributed by atoms with Crippen LogP contribution in [0.25, 0.3) is 0 Å². The van der Waals surface area contributed by atoms with Gasteiger partial charge in [0.05, 0.1) is 12.1 Å². The highest BCUT2D eigenvalue weighted by molar-refractivity contribution is 5.74. The summed E-state index contributed by atoms with van der Waals surface area (Å²) in [7, 11) is 0. The Balaban J connectivity index is 1.63. The Morgan fingerprint density at radius 3 is 2.64 bits per heavy atom. The lowest BCUT2D eigenvalue weighted by Gasteiger charge is -2.33. The van der Waals surface area contributed by atoms with Crippen LogP contribution >= 0.6 is 0 Å². The summed E-state index contributed by atoms with van der Waals surface area (Å²) >= 11 is 0. The first kappa shape index (κ1) is 17.4. The summed E-state index contributed by atoms with van der Waals surface area (Å²) in [5, 5.41) is 6.08. The summed E-state index contributed by atoms with van der Waals surface area (Å²) in [6.07, 6.45) is 5.22. The summed E-state index contributed by atoms with van der Waals surface area (Å²) in [5.41, 5.74) is 3.35. The zero-order valence-corrected chi connectivity index (χ0v) is 14.7. The Hall–Kier alpha value is -2.40. The number of nitrogens with zero attached hydrogens (tertiary/aromatic N) is 1. The maximum absolute atomic E-state index is 12.4. The van der Waals surface area contributed by atoms with Crippen LogP contribution in [-0.4, -0.2) is 23.7 Å². The third kappa shape index (κ3) is 4.57. The topological polar surface area (TPSA) is 63.2 Å². The normalized spacial score (nSPS) is 21.4. The van der Waals surface area contributed by atoms with E-state index < -0.39 is 0 Å². The van der Waals surface area contributed by atoms with Crippen molar-refractivity contribution in [3.63, 3.8) is 0 Å². The standard InChI is InChI=1S/C20H25N3O2/c1-14-5-7-17(8-6-14)19-18(4-3-13-25-19)23-20(24)22-15(2)16-9-11-21-12-10-16/h5-12,15,18-19H,3-4,13H2,1-2H3,(H2,22,23,24). The van der Waals surface area contributed by atoms with Crippen LogP contribution in [0.3, 0.4) is 0 Å². The summed E-state index contributed by atoms with van der Waals surface area (Å²) in [6, 6.07) is 11.9. The quantitative estimate of drug-likeness (QED) is 0.893. The number of ether oxygens (including phenoxy) is 1. The molecule has 1 saturated heterocycles. The molecule has 0 bridgehead atoms. The van der Waals surface area contributed by atoms with Crippen LogP contribution in [0.15, 0.2) is 48.8 Å². The summed E-state index contributed by atoms with van der Waals surface area (Å²) < 4.78 is 5.96. The number of carbonyl (C=O) groups excluding carboxylic acids is 1. The molecular weight excluding hydrogens is 314 g/mol. The summed E-state index contributed by atoms with van der Waals surface area (Å²) in [4.78, 5) is 16.4. The van der Waals surface area contributed by atoms with Crippen LogP contribution in [0.2, 0.25) is 0 Å². The van der Waals surface area contributed by atoms with Gasteiger partial charge in [0.25, 0.3) is 0 Å². The molecule has 3 atom stereocenters. The second-order valence-electron chi connectivity index (χ2n) is 6.57. The number of aromatic nitrogens is 1. The maximum Gasteiger partial charge on any atom is 0.315 e. The molecule has 1 aliphatic rings. The largest absolute Gasteiger partial charge is 0.371 e. The molecule has 132 valence electrons. The van der Waals surface area contributed by atoms with Gasteiger partial charge in [0.1, 0.15) is 6.10 Å². The number of hydrogen-bond acceptors (Lipinski definition) is 3. The van der Waals surface area contributed by atoms with Gasteiger partial charge in [-0.3, -0.25) is 4.98 Å². The van der Waals surface area contributed by atoms with Crippen LogP contribution in [0.1, 0.15) is 48.6 Å². The van der Waals surface area contributed by atoms with E-state index in [0.717, 1.165) is 30.6 Å². The first-order valence-electron chi connectivity index (χ1n) is 8.78. The first-order chi connectivity index (χ1) is 12.1. The monoisotopic (exact) mass is 339 g/mol. The fourth-order valence-corrected chi connectivity index (χ4v) is 3.16. The predicted octanol–water partition coefficient (Wildman–Crippen LogP) is 3.67. The number of carbonyl (C=O) groups is 1. The van der Waals surface area contributed by atoms with Crippen LogP contribution in [-0.2, 0) is 4.74 Å². The highest BCUT2D eigenvalue weighted by Gasteiger charge is 2.29. The Labute approximate surface area is 148 Å². The minimum absolute atomic E-state index is 0.0268. The van der Waals surface area contributed by atoms with Crippen LogP contribution < -0.4 is 10.6 Å². The zero-order valence-electron chi connectivity index (χ0n) is 14.7. The molecule has 1 aromatic carbocycles. The summed E-state index contributed by atoms with van der Waals surface area (Å²) in [6.45, 7) is 4.75. The third-order valence-electron chi connectivity index (χ3n) is 4.60. The molecular formula is C20H25N3O2. The van der Waals surface area contributed by atoms with Gasteiger partial charge in [-0.2, -0.15) is 0 Å². The van der Waals surface area contributed by atoms with Crippen molar-refractivity contribution < 1.29 is 9.53 Å². The van der Waals surface area contributed by atoms with Gasteiger partial charge >= 0.3 is 6.03 Å². The number of nitrogens with one attached hydrogen (secondary N) is 2. The van der Waals surface area contributed by atoms with Crippen LogP contribution in [0.5, 0.6) is 0 Å². The molecule has 5 nitrogen and oxygen atoms in total. The molecule has 2 heterocycles. The molecule has 3 rings (SSSR count). The van der Waals surface area contributed by atoms with Gasteiger partial charge in [0.15, 0.2) is 0 Å². The average Bonchev–Trinajstić information content (AvgIpc) is 2.63. The van der Waals surface area contributed by atoms with Crippen molar-refractivity contribution in [3.05, 3.63) is 65.5 Å². The number of urea groups is 1. The highest BCUT2D eigenvalue weighted by Crippen LogP contribution is 2.28. The van der Waals surface area contributed by atoms with Crippen LogP contribution in [0, 0.1) is 6.92 Å². The van der Waals surface area contributed by atoms with Crippen molar-refractivity contribution in [2.75, 3.05) is 6.61 Å². The van der Waals surface area contributed by atoms with Gasteiger partial charge in [-0.1, -0.05) is 29.8 Å². The second kappa shape index (κ2) is 8.12. The van der Waals surface area contributed by atoms with Gasteiger partial charge in [0, 0.05) is 19.0 Å². The number of pyridine rings is 1. The molecule has 0 saturated carbocycles. The summed E-state index contributed by atoms with van der Waals surface area (Å²) in [5.74, 6) is 0. The molecule has 1 fully saturated rings. The fraction of sp³-hybridized carbons (Fsp3) is 0.400. The number of hydrogen-bond donors (Lipinski definition) is 2. The molecule has 0 spiro atoms. The Morgan fingerprint density at radius 2 is 1.92 bits per heavy atom. The van der Waals surface area contributed by atoms with Crippen molar-refractivity contribution >= 4 is 6.03 Å². The van der Waals surface area contributed by atoms with E-state index in [9.17, 15) is 4.79 Å². The molecule has 25 heavy (non-hydrogen) atoms. The minimum atomic E-state index is -0.170. The van der Waals surface area contributed by atoms with Crippen molar-refractivity contribution in [1.82, 2.24) is 15.6 Å². The molecule has 0 radical (unpaired) electrons. The van der Waals surface area contributed by atoms with E-state index in [0.29, 0.717) is 0 Å². The van der Waals surface area contributed by atoms with E-state index in [4.69, 9.17) is 4.74 Å². The average molecular weight is 339 g/mol. The Kier molecular flexibility index (Phi) is 5.66. The molecule has 2 aromatic rings. The van der Waals surface area contributed by atoms with E-state index in [1.807, 2.05) is 19.1 Å². The van der Waals surface area contributed by atoms with E-state index in [2.05, 4.69) is 46.8 Å². The van der Waals surface area contributed by atoms with Gasteiger partial charge < -0.3 is 15.4 Å². The minimum Gasteiger partial charge on any atom is -0.371 e. The van der Waals surface area contributed by atoms with E-state index in [1.165, 1.54) is 5.56 Å². The van der Waals surface area contributed by atoms with Gasteiger partial charge in [-0.05, 0) is 49.9 Å². The predicted molar refractivity (Wildman–Crippen MR) is 97.2 cm³/mol. The van der Waals surface area contributed by atoms with Crippen molar-refractivity contribution in [2.45, 2.75) is 44.9 Å². The molecule has 0 aliphatic carbocycles. The number of aryl methyl sites for hydroxylation is 1. The fourth-order valence-electron chi connectivity index (χ4n) is 3.16. The van der Waals surface area contributed by atoms with E-state index in [1.54, 1.807) is 12.4 Å². The Bertz CT molecular complexity index is 688. The molecule has 1 aliphatic heterocycles. The lowest BCUT2D eigenvalue weighted by Crippen LogP contribution is -2.47. The molecule has 1 aromatic heterocycles. The molecule has 2 N–H and O–H groups in total. The van der Waals surface area contributed by atoms with Crippen molar-refractivity contribution in [2.24, 2.45) is 0 Å².